The first kappa shape index (κ1) is 18.1. The molecule has 4 rings (SSSR count). The van der Waals surface area contributed by atoms with Gasteiger partial charge in [0.25, 0.3) is 5.91 Å². The zero-order valence-corrected chi connectivity index (χ0v) is 15.9. The Hall–Kier alpha value is -3.27. The van der Waals surface area contributed by atoms with Crippen molar-refractivity contribution in [2.24, 2.45) is 7.05 Å². The molecule has 1 atom stereocenters. The van der Waals surface area contributed by atoms with Crippen LogP contribution in [-0.4, -0.2) is 73.5 Å². The summed E-state index contributed by atoms with van der Waals surface area (Å²) in [6.07, 6.45) is 3.41. The maximum Gasteiger partial charge on any atom is 0.274 e. The molecule has 28 heavy (non-hydrogen) atoms. The lowest BCUT2D eigenvalue weighted by Crippen LogP contribution is -2.47. The molecule has 4 heterocycles. The zero-order chi connectivity index (χ0) is 19.7. The Morgan fingerprint density at radius 1 is 1.36 bits per heavy atom. The van der Waals surface area contributed by atoms with Crippen LogP contribution in [0.5, 0.6) is 5.88 Å². The molecule has 1 fully saturated rings. The van der Waals surface area contributed by atoms with E-state index in [1.807, 2.05) is 13.0 Å². The van der Waals surface area contributed by atoms with E-state index >= 15 is 0 Å². The summed E-state index contributed by atoms with van der Waals surface area (Å²) >= 11 is 0. The molecule has 1 aliphatic heterocycles. The fraction of sp³-hybridized carbons (Fsp3) is 0.389. The third-order valence-corrected chi connectivity index (χ3v) is 4.60. The summed E-state index contributed by atoms with van der Waals surface area (Å²) in [6, 6.07) is 5.29. The number of morpholine rings is 1. The average Bonchev–Trinajstić information content (AvgIpc) is 3.34. The van der Waals surface area contributed by atoms with E-state index in [1.165, 1.54) is 0 Å². The number of carbonyl (C=O) groups excluding carboxylic acids is 1. The molecule has 0 N–H and O–H groups in total. The molecule has 10 heteroatoms. The van der Waals surface area contributed by atoms with Gasteiger partial charge in [0.2, 0.25) is 5.88 Å². The lowest BCUT2D eigenvalue weighted by Gasteiger charge is -2.32. The highest BCUT2D eigenvalue weighted by Crippen LogP contribution is 2.24. The summed E-state index contributed by atoms with van der Waals surface area (Å²) in [5, 5.41) is 12.7. The first-order valence-electron chi connectivity index (χ1n) is 8.92. The van der Waals surface area contributed by atoms with Crippen molar-refractivity contribution in [1.82, 2.24) is 34.7 Å². The molecule has 3 aromatic rings. The predicted molar refractivity (Wildman–Crippen MR) is 99.2 cm³/mol. The summed E-state index contributed by atoms with van der Waals surface area (Å²) in [7, 11) is 3.34. The SMILES string of the molecule is COc1ccc(-n2nc(C(=O)N3CCOC[C@@H]3C)cc2-c2cn(C)nn2)cn1. The van der Waals surface area contributed by atoms with Gasteiger partial charge in [0.05, 0.1) is 50.1 Å². The molecule has 1 aliphatic rings. The van der Waals surface area contributed by atoms with Gasteiger partial charge >= 0.3 is 0 Å². The minimum Gasteiger partial charge on any atom is -0.481 e. The first-order chi connectivity index (χ1) is 13.6. The van der Waals surface area contributed by atoms with E-state index in [9.17, 15) is 4.79 Å². The minimum absolute atomic E-state index is 0.00554. The van der Waals surface area contributed by atoms with Gasteiger partial charge in [0.15, 0.2) is 5.69 Å². The van der Waals surface area contributed by atoms with Gasteiger partial charge in [0, 0.05) is 19.7 Å². The van der Waals surface area contributed by atoms with Crippen LogP contribution < -0.4 is 4.74 Å². The molecule has 10 nitrogen and oxygen atoms in total. The topological polar surface area (TPSA) is 100 Å². The number of amides is 1. The van der Waals surface area contributed by atoms with Crippen LogP contribution in [0.3, 0.4) is 0 Å². The summed E-state index contributed by atoms with van der Waals surface area (Å²) < 4.78 is 13.8. The average molecular weight is 383 g/mol. The van der Waals surface area contributed by atoms with Crippen molar-refractivity contribution < 1.29 is 14.3 Å². The highest BCUT2D eigenvalue weighted by atomic mass is 16.5. The summed E-state index contributed by atoms with van der Waals surface area (Å²) in [6.45, 7) is 3.55. The second-order valence-electron chi connectivity index (χ2n) is 6.59. The zero-order valence-electron chi connectivity index (χ0n) is 15.9. The van der Waals surface area contributed by atoms with Gasteiger partial charge in [-0.05, 0) is 19.1 Å². The molecule has 0 bridgehead atoms. The fourth-order valence-corrected chi connectivity index (χ4v) is 3.12. The molecule has 146 valence electrons. The van der Waals surface area contributed by atoms with E-state index in [1.54, 1.807) is 52.9 Å². The smallest absolute Gasteiger partial charge is 0.274 e. The van der Waals surface area contributed by atoms with Crippen LogP contribution in [-0.2, 0) is 11.8 Å². The lowest BCUT2D eigenvalue weighted by atomic mass is 10.2. The van der Waals surface area contributed by atoms with Crippen molar-refractivity contribution >= 4 is 5.91 Å². The van der Waals surface area contributed by atoms with Gasteiger partial charge < -0.3 is 14.4 Å². The van der Waals surface area contributed by atoms with E-state index in [0.29, 0.717) is 48.4 Å². The van der Waals surface area contributed by atoms with E-state index in [2.05, 4.69) is 20.4 Å². The normalized spacial score (nSPS) is 17.0. The quantitative estimate of drug-likeness (QED) is 0.661. The molecule has 0 aliphatic carbocycles. The number of carbonyl (C=O) groups is 1. The highest BCUT2D eigenvalue weighted by molar-refractivity contribution is 5.93. The van der Waals surface area contributed by atoms with E-state index in [4.69, 9.17) is 9.47 Å². The number of nitrogens with zero attached hydrogens (tertiary/aromatic N) is 7. The molecule has 3 aromatic heterocycles. The Balaban J connectivity index is 1.76. The Labute approximate surface area is 161 Å². The van der Waals surface area contributed by atoms with Crippen molar-refractivity contribution in [2.45, 2.75) is 13.0 Å². The molecule has 1 amide bonds. The maximum atomic E-state index is 13.1. The minimum atomic E-state index is -0.138. The van der Waals surface area contributed by atoms with Crippen LogP contribution >= 0.6 is 0 Å². The summed E-state index contributed by atoms with van der Waals surface area (Å²) in [4.78, 5) is 19.1. The Morgan fingerprint density at radius 2 is 2.21 bits per heavy atom. The number of aryl methyl sites for hydroxylation is 1. The first-order valence-corrected chi connectivity index (χ1v) is 8.92. The molecule has 1 saturated heterocycles. The van der Waals surface area contributed by atoms with Crippen molar-refractivity contribution in [1.29, 1.82) is 0 Å². The number of hydrogen-bond acceptors (Lipinski definition) is 7. The number of ether oxygens (including phenoxy) is 2. The summed E-state index contributed by atoms with van der Waals surface area (Å²) in [5.74, 6) is 0.358. The molecule has 0 saturated carbocycles. The van der Waals surface area contributed by atoms with Crippen LogP contribution in [0, 0.1) is 0 Å². The molecule has 0 spiro atoms. The van der Waals surface area contributed by atoms with Crippen LogP contribution in [0.15, 0.2) is 30.6 Å². The second-order valence-corrected chi connectivity index (χ2v) is 6.59. The van der Waals surface area contributed by atoms with Crippen LogP contribution in [0.25, 0.3) is 17.1 Å². The summed E-state index contributed by atoms with van der Waals surface area (Å²) in [5.41, 5.74) is 2.30. The monoisotopic (exact) mass is 383 g/mol. The van der Waals surface area contributed by atoms with Crippen LogP contribution in [0.4, 0.5) is 0 Å². The van der Waals surface area contributed by atoms with Gasteiger partial charge in [0.1, 0.15) is 5.69 Å². The number of aromatic nitrogens is 6. The van der Waals surface area contributed by atoms with E-state index in [-0.39, 0.29) is 11.9 Å². The third kappa shape index (κ3) is 3.33. The molecule has 0 aromatic carbocycles. The number of methoxy groups -OCH3 is 1. The standard InChI is InChI=1S/C18H21N7O3/c1-12-11-28-7-6-24(12)18(26)14-8-16(15-10-23(2)22-20-15)25(21-14)13-4-5-17(27-3)19-9-13/h4-5,8-10,12H,6-7,11H2,1-3H3/t12-/m0/s1. The lowest BCUT2D eigenvalue weighted by molar-refractivity contribution is 0.00325. The molecular weight excluding hydrogens is 362 g/mol. The Bertz CT molecular complexity index is 979. The van der Waals surface area contributed by atoms with Crippen LogP contribution in [0.2, 0.25) is 0 Å². The van der Waals surface area contributed by atoms with Gasteiger partial charge in [-0.3, -0.25) is 9.48 Å². The Kier molecular flexibility index (Phi) is 4.78. The van der Waals surface area contributed by atoms with Crippen molar-refractivity contribution in [3.8, 4) is 23.0 Å². The largest absolute Gasteiger partial charge is 0.481 e. The van der Waals surface area contributed by atoms with Crippen molar-refractivity contribution in [2.75, 3.05) is 26.9 Å². The third-order valence-electron chi connectivity index (χ3n) is 4.60. The molecule has 0 radical (unpaired) electrons. The van der Waals surface area contributed by atoms with Gasteiger partial charge in [-0.25, -0.2) is 9.67 Å². The highest BCUT2D eigenvalue weighted by Gasteiger charge is 2.28. The second kappa shape index (κ2) is 7.39. The number of rotatable bonds is 4. The Morgan fingerprint density at radius 3 is 2.86 bits per heavy atom. The van der Waals surface area contributed by atoms with Gasteiger partial charge in [-0.2, -0.15) is 5.10 Å². The maximum absolute atomic E-state index is 13.1. The van der Waals surface area contributed by atoms with Crippen molar-refractivity contribution in [3.63, 3.8) is 0 Å². The fourth-order valence-electron chi connectivity index (χ4n) is 3.12. The van der Waals surface area contributed by atoms with Crippen molar-refractivity contribution in [3.05, 3.63) is 36.3 Å². The predicted octanol–water partition coefficient (Wildman–Crippen LogP) is 0.932. The van der Waals surface area contributed by atoms with Gasteiger partial charge in [-0.1, -0.05) is 5.21 Å². The number of pyridine rings is 1. The molecular formula is C18H21N7O3. The van der Waals surface area contributed by atoms with Crippen LogP contribution in [0.1, 0.15) is 17.4 Å². The number of hydrogen-bond donors (Lipinski definition) is 0. The molecule has 0 unspecified atom stereocenters. The van der Waals surface area contributed by atoms with E-state index < -0.39 is 0 Å². The van der Waals surface area contributed by atoms with E-state index in [0.717, 1.165) is 0 Å². The van der Waals surface area contributed by atoms with Gasteiger partial charge in [-0.15, -0.1) is 5.10 Å².